The van der Waals surface area contributed by atoms with Crippen molar-refractivity contribution in [1.82, 2.24) is 0 Å². The lowest BCUT2D eigenvalue weighted by atomic mass is 9.85. The Morgan fingerprint density at radius 3 is 2.89 bits per heavy atom. The molecule has 1 unspecified atom stereocenters. The van der Waals surface area contributed by atoms with Crippen LogP contribution in [0.5, 0.6) is 5.75 Å². The van der Waals surface area contributed by atoms with Crippen molar-refractivity contribution in [3.05, 3.63) is 29.8 Å². The average molecular weight is 246 g/mol. The lowest BCUT2D eigenvalue weighted by molar-refractivity contribution is -0.123. The molecule has 0 aromatic heterocycles. The summed E-state index contributed by atoms with van der Waals surface area (Å²) in [5.74, 6) is 1.56. The van der Waals surface area contributed by atoms with Gasteiger partial charge in [0.2, 0.25) is 0 Å². The van der Waals surface area contributed by atoms with E-state index in [4.69, 9.17) is 4.74 Å². The van der Waals surface area contributed by atoms with Crippen LogP contribution >= 0.6 is 0 Å². The van der Waals surface area contributed by atoms with E-state index < -0.39 is 0 Å². The minimum atomic E-state index is 0.220. The summed E-state index contributed by atoms with van der Waals surface area (Å²) in [7, 11) is 1.68. The van der Waals surface area contributed by atoms with Crippen molar-refractivity contribution >= 4 is 5.78 Å². The molecule has 0 amide bonds. The predicted molar refractivity (Wildman–Crippen MR) is 72.9 cm³/mol. The molecule has 1 aromatic rings. The summed E-state index contributed by atoms with van der Waals surface area (Å²) in [6.45, 7) is 0. The van der Waals surface area contributed by atoms with Gasteiger partial charge in [0.05, 0.1) is 7.11 Å². The van der Waals surface area contributed by atoms with E-state index in [1.54, 1.807) is 7.11 Å². The van der Waals surface area contributed by atoms with Crippen LogP contribution in [0.3, 0.4) is 0 Å². The molecule has 98 valence electrons. The molecule has 0 saturated heterocycles. The number of Topliss-reactive ketones (excluding diaryl/α,β-unsaturated/α-hetero) is 1. The highest BCUT2D eigenvalue weighted by Crippen LogP contribution is 2.24. The highest BCUT2D eigenvalue weighted by Gasteiger charge is 2.20. The number of methoxy groups -OCH3 is 1. The van der Waals surface area contributed by atoms with Crippen molar-refractivity contribution in [2.75, 3.05) is 7.11 Å². The molecule has 0 bridgehead atoms. The van der Waals surface area contributed by atoms with E-state index in [0.717, 1.165) is 31.4 Å². The Hall–Kier alpha value is -1.31. The maximum atomic E-state index is 12.1. The number of ketones is 1. The number of rotatable bonds is 3. The lowest BCUT2D eigenvalue weighted by Crippen LogP contribution is -2.18. The quantitative estimate of drug-likeness (QED) is 0.811. The summed E-state index contributed by atoms with van der Waals surface area (Å²) in [6.07, 6.45) is 7.47. The van der Waals surface area contributed by atoms with Gasteiger partial charge >= 0.3 is 0 Å². The van der Waals surface area contributed by atoms with Crippen LogP contribution in [0.2, 0.25) is 0 Å². The molecule has 18 heavy (non-hydrogen) atoms. The third-order valence-electron chi connectivity index (χ3n) is 3.80. The summed E-state index contributed by atoms with van der Waals surface area (Å²) in [4.78, 5) is 12.1. The topological polar surface area (TPSA) is 26.3 Å². The monoisotopic (exact) mass is 246 g/mol. The van der Waals surface area contributed by atoms with Crippen LogP contribution in [0.25, 0.3) is 0 Å². The molecule has 2 nitrogen and oxygen atoms in total. The minimum absolute atomic E-state index is 0.220. The Balaban J connectivity index is 2.03. The van der Waals surface area contributed by atoms with Crippen LogP contribution in [0.15, 0.2) is 24.3 Å². The van der Waals surface area contributed by atoms with Crippen molar-refractivity contribution in [2.24, 2.45) is 5.92 Å². The highest BCUT2D eigenvalue weighted by atomic mass is 16.5. The molecule has 0 radical (unpaired) electrons. The largest absolute Gasteiger partial charge is 0.497 e. The van der Waals surface area contributed by atoms with Gasteiger partial charge in [-0.05, 0) is 37.0 Å². The van der Waals surface area contributed by atoms with Crippen LogP contribution in [-0.2, 0) is 11.2 Å². The van der Waals surface area contributed by atoms with E-state index in [0.29, 0.717) is 5.78 Å². The third kappa shape index (κ3) is 3.59. The molecule has 2 heteroatoms. The van der Waals surface area contributed by atoms with Crippen molar-refractivity contribution < 1.29 is 9.53 Å². The molecule has 0 aliphatic heterocycles. The second-order valence-corrected chi connectivity index (χ2v) is 5.17. The number of ether oxygens (including phenoxy) is 1. The smallest absolute Gasteiger partial charge is 0.136 e. The summed E-state index contributed by atoms with van der Waals surface area (Å²) in [6, 6.07) is 8.09. The zero-order valence-electron chi connectivity index (χ0n) is 11.2. The standard InChI is InChI=1S/C16H22O2/c1-18-15-9-6-7-13(12-15)11-14-8-4-2-3-5-10-16(14)17/h6-7,9,12,14H,2-5,8,10-11H2,1H3. The summed E-state index contributed by atoms with van der Waals surface area (Å²) in [5.41, 5.74) is 1.22. The first-order valence-electron chi connectivity index (χ1n) is 6.95. The zero-order valence-corrected chi connectivity index (χ0v) is 11.2. The second-order valence-electron chi connectivity index (χ2n) is 5.17. The Bertz CT molecular complexity index is 398. The van der Waals surface area contributed by atoms with E-state index in [-0.39, 0.29) is 5.92 Å². The molecule has 0 N–H and O–H groups in total. The van der Waals surface area contributed by atoms with Gasteiger partial charge in [-0.15, -0.1) is 0 Å². The summed E-state index contributed by atoms with van der Waals surface area (Å²) in [5, 5.41) is 0. The van der Waals surface area contributed by atoms with Gasteiger partial charge < -0.3 is 4.74 Å². The van der Waals surface area contributed by atoms with E-state index >= 15 is 0 Å². The van der Waals surface area contributed by atoms with Gasteiger partial charge in [-0.1, -0.05) is 31.4 Å². The van der Waals surface area contributed by atoms with Gasteiger partial charge in [0.15, 0.2) is 0 Å². The van der Waals surface area contributed by atoms with Gasteiger partial charge in [0.25, 0.3) is 0 Å². The first kappa shape index (κ1) is 13.1. The number of carbonyl (C=O) groups is 1. The number of carbonyl (C=O) groups excluding carboxylic acids is 1. The van der Waals surface area contributed by atoms with Gasteiger partial charge in [-0.3, -0.25) is 4.79 Å². The molecular formula is C16H22O2. The minimum Gasteiger partial charge on any atom is -0.497 e. The van der Waals surface area contributed by atoms with Crippen LogP contribution in [-0.4, -0.2) is 12.9 Å². The van der Waals surface area contributed by atoms with E-state index in [1.165, 1.54) is 24.8 Å². The van der Waals surface area contributed by atoms with Gasteiger partial charge in [-0.2, -0.15) is 0 Å². The Morgan fingerprint density at radius 1 is 1.22 bits per heavy atom. The molecule has 1 atom stereocenters. The van der Waals surface area contributed by atoms with Crippen LogP contribution in [0.1, 0.15) is 44.1 Å². The normalized spacial score (nSPS) is 21.2. The zero-order chi connectivity index (χ0) is 12.8. The first-order valence-corrected chi connectivity index (χ1v) is 6.95. The van der Waals surface area contributed by atoms with E-state index in [9.17, 15) is 4.79 Å². The summed E-state index contributed by atoms with van der Waals surface area (Å²) >= 11 is 0. The Labute approximate surface area is 109 Å². The molecule has 1 fully saturated rings. The Morgan fingerprint density at radius 2 is 2.06 bits per heavy atom. The van der Waals surface area contributed by atoms with Gasteiger partial charge in [0, 0.05) is 12.3 Å². The third-order valence-corrected chi connectivity index (χ3v) is 3.80. The van der Waals surface area contributed by atoms with Crippen molar-refractivity contribution in [1.29, 1.82) is 0 Å². The number of hydrogen-bond acceptors (Lipinski definition) is 2. The fourth-order valence-corrected chi connectivity index (χ4v) is 2.71. The molecule has 1 aromatic carbocycles. The van der Waals surface area contributed by atoms with Crippen LogP contribution in [0, 0.1) is 5.92 Å². The molecule has 1 aliphatic rings. The van der Waals surface area contributed by atoms with Gasteiger partial charge in [-0.25, -0.2) is 0 Å². The van der Waals surface area contributed by atoms with Crippen molar-refractivity contribution in [2.45, 2.75) is 44.9 Å². The fraction of sp³-hybridized carbons (Fsp3) is 0.562. The van der Waals surface area contributed by atoms with Gasteiger partial charge in [0.1, 0.15) is 11.5 Å². The summed E-state index contributed by atoms with van der Waals surface area (Å²) < 4.78 is 5.23. The lowest BCUT2D eigenvalue weighted by Gasteiger charge is -2.18. The molecule has 2 rings (SSSR count). The molecule has 1 aliphatic carbocycles. The maximum Gasteiger partial charge on any atom is 0.136 e. The molecule has 0 heterocycles. The van der Waals surface area contributed by atoms with Crippen LogP contribution < -0.4 is 4.74 Å². The van der Waals surface area contributed by atoms with Crippen molar-refractivity contribution in [3.63, 3.8) is 0 Å². The van der Waals surface area contributed by atoms with E-state index in [1.807, 2.05) is 18.2 Å². The highest BCUT2D eigenvalue weighted by molar-refractivity contribution is 5.81. The fourth-order valence-electron chi connectivity index (χ4n) is 2.71. The van der Waals surface area contributed by atoms with Crippen LogP contribution in [0.4, 0.5) is 0 Å². The number of hydrogen-bond donors (Lipinski definition) is 0. The molecular weight excluding hydrogens is 224 g/mol. The molecule has 1 saturated carbocycles. The average Bonchev–Trinajstić information content (AvgIpc) is 2.39. The second kappa shape index (κ2) is 6.58. The number of benzene rings is 1. The first-order chi connectivity index (χ1) is 8.79. The van der Waals surface area contributed by atoms with Crippen molar-refractivity contribution in [3.8, 4) is 5.75 Å². The maximum absolute atomic E-state index is 12.1. The molecule has 0 spiro atoms. The Kier molecular flexibility index (Phi) is 4.80. The van der Waals surface area contributed by atoms with E-state index in [2.05, 4.69) is 6.07 Å². The predicted octanol–water partition coefficient (Wildman–Crippen LogP) is 3.78. The SMILES string of the molecule is COc1cccc(CC2CCCCCCC2=O)c1.